The predicted octanol–water partition coefficient (Wildman–Crippen LogP) is 1.28. The standard InChI is InChI=1S/C7H18N2/c1-3-7(4-2)5-6-9-8/h7,9H,3-6,8H2,1-2H3. The SMILES string of the molecule is CCC(CC)CCNN. The summed E-state index contributed by atoms with van der Waals surface area (Å²) < 4.78 is 0. The van der Waals surface area contributed by atoms with E-state index < -0.39 is 0 Å². The van der Waals surface area contributed by atoms with Crippen LogP contribution in [0.25, 0.3) is 0 Å². The molecule has 0 aromatic heterocycles. The first-order chi connectivity index (χ1) is 4.35. The number of hydrogen-bond acceptors (Lipinski definition) is 2. The van der Waals surface area contributed by atoms with Crippen molar-refractivity contribution in [2.45, 2.75) is 33.1 Å². The molecule has 0 saturated carbocycles. The lowest BCUT2D eigenvalue weighted by molar-refractivity contribution is 0.442. The maximum absolute atomic E-state index is 5.14. The third-order valence-electron chi connectivity index (χ3n) is 1.85. The molecule has 0 spiro atoms. The van der Waals surface area contributed by atoms with Gasteiger partial charge < -0.3 is 0 Å². The minimum Gasteiger partial charge on any atom is -0.271 e. The van der Waals surface area contributed by atoms with Crippen LogP contribution in [0, 0.1) is 5.92 Å². The highest BCUT2D eigenvalue weighted by Crippen LogP contribution is 2.10. The molecule has 0 bridgehead atoms. The molecule has 0 aliphatic rings. The Hall–Kier alpha value is -0.0800. The molecule has 0 amide bonds. The van der Waals surface area contributed by atoms with Gasteiger partial charge >= 0.3 is 0 Å². The summed E-state index contributed by atoms with van der Waals surface area (Å²) in [6.07, 6.45) is 3.76. The lowest BCUT2D eigenvalue weighted by Gasteiger charge is -2.09. The van der Waals surface area contributed by atoms with Crippen LogP contribution in [0.5, 0.6) is 0 Å². The molecule has 0 saturated heterocycles. The monoisotopic (exact) mass is 130 g/mol. The fraction of sp³-hybridized carbons (Fsp3) is 1.00. The summed E-state index contributed by atoms with van der Waals surface area (Å²) in [6.45, 7) is 5.40. The fourth-order valence-corrected chi connectivity index (χ4v) is 0.984. The first kappa shape index (κ1) is 8.92. The van der Waals surface area contributed by atoms with Gasteiger partial charge in [-0.25, -0.2) is 0 Å². The molecule has 0 radical (unpaired) electrons. The number of nitrogens with one attached hydrogen (secondary N) is 1. The van der Waals surface area contributed by atoms with E-state index >= 15 is 0 Å². The van der Waals surface area contributed by atoms with E-state index in [0.717, 1.165) is 12.5 Å². The zero-order chi connectivity index (χ0) is 7.11. The van der Waals surface area contributed by atoms with Gasteiger partial charge in [0.05, 0.1) is 0 Å². The molecule has 0 aliphatic heterocycles. The largest absolute Gasteiger partial charge is 0.271 e. The molecular formula is C7H18N2. The summed E-state index contributed by atoms with van der Waals surface area (Å²) in [6, 6.07) is 0. The van der Waals surface area contributed by atoms with Crippen molar-refractivity contribution >= 4 is 0 Å². The fourth-order valence-electron chi connectivity index (χ4n) is 0.984. The van der Waals surface area contributed by atoms with Gasteiger partial charge in [0.1, 0.15) is 0 Å². The van der Waals surface area contributed by atoms with Gasteiger partial charge in [0.25, 0.3) is 0 Å². The Bertz CT molecular complexity index is 50.9. The first-order valence-corrected chi connectivity index (χ1v) is 3.78. The highest BCUT2D eigenvalue weighted by molar-refractivity contribution is 4.54. The molecule has 56 valence electrons. The van der Waals surface area contributed by atoms with Crippen molar-refractivity contribution in [1.82, 2.24) is 5.43 Å². The van der Waals surface area contributed by atoms with Crippen molar-refractivity contribution < 1.29 is 0 Å². The van der Waals surface area contributed by atoms with Crippen molar-refractivity contribution in [3.8, 4) is 0 Å². The smallest absolute Gasteiger partial charge is 0.01000 e. The maximum Gasteiger partial charge on any atom is 0.01000 e. The van der Waals surface area contributed by atoms with Gasteiger partial charge in [-0.1, -0.05) is 26.7 Å². The van der Waals surface area contributed by atoms with Crippen molar-refractivity contribution in [3.05, 3.63) is 0 Å². The summed E-state index contributed by atoms with van der Waals surface area (Å²) in [4.78, 5) is 0. The van der Waals surface area contributed by atoms with Gasteiger partial charge in [-0.05, 0) is 12.3 Å². The van der Waals surface area contributed by atoms with E-state index in [4.69, 9.17) is 5.84 Å². The Morgan fingerprint density at radius 3 is 2.22 bits per heavy atom. The van der Waals surface area contributed by atoms with Crippen LogP contribution in [-0.2, 0) is 0 Å². The molecule has 0 unspecified atom stereocenters. The Balaban J connectivity index is 3.09. The summed E-state index contributed by atoms with van der Waals surface area (Å²) in [5, 5.41) is 0. The molecule has 0 fully saturated rings. The van der Waals surface area contributed by atoms with E-state index in [2.05, 4.69) is 19.3 Å². The van der Waals surface area contributed by atoms with Crippen molar-refractivity contribution in [3.63, 3.8) is 0 Å². The molecule has 0 heterocycles. The molecule has 0 rings (SSSR count). The summed E-state index contributed by atoms with van der Waals surface area (Å²) in [5.74, 6) is 6.00. The quantitative estimate of drug-likeness (QED) is 0.434. The van der Waals surface area contributed by atoms with Crippen LogP contribution >= 0.6 is 0 Å². The molecule has 2 nitrogen and oxygen atoms in total. The molecule has 0 aromatic carbocycles. The van der Waals surface area contributed by atoms with Crippen LogP contribution in [0.2, 0.25) is 0 Å². The Morgan fingerprint density at radius 1 is 1.33 bits per heavy atom. The van der Waals surface area contributed by atoms with E-state index in [1.54, 1.807) is 0 Å². The molecule has 3 N–H and O–H groups in total. The zero-order valence-corrected chi connectivity index (χ0v) is 6.48. The molecule has 9 heavy (non-hydrogen) atoms. The number of hydrogen-bond donors (Lipinski definition) is 2. The third-order valence-corrected chi connectivity index (χ3v) is 1.85. The van der Waals surface area contributed by atoms with E-state index in [-0.39, 0.29) is 0 Å². The minimum absolute atomic E-state index is 0.862. The van der Waals surface area contributed by atoms with Gasteiger partial charge in [0.15, 0.2) is 0 Å². The molecule has 0 atom stereocenters. The van der Waals surface area contributed by atoms with Gasteiger partial charge in [0.2, 0.25) is 0 Å². The Kier molecular flexibility index (Phi) is 5.99. The maximum atomic E-state index is 5.14. The highest BCUT2D eigenvalue weighted by Gasteiger charge is 2.00. The second kappa shape index (κ2) is 6.05. The van der Waals surface area contributed by atoms with Gasteiger partial charge in [-0.2, -0.15) is 0 Å². The van der Waals surface area contributed by atoms with Crippen LogP contribution in [-0.4, -0.2) is 6.54 Å². The van der Waals surface area contributed by atoms with Gasteiger partial charge in [0, 0.05) is 6.54 Å². The van der Waals surface area contributed by atoms with Crippen LogP contribution in [0.3, 0.4) is 0 Å². The minimum atomic E-state index is 0.862. The summed E-state index contributed by atoms with van der Waals surface area (Å²) >= 11 is 0. The van der Waals surface area contributed by atoms with Crippen LogP contribution in [0.4, 0.5) is 0 Å². The van der Waals surface area contributed by atoms with Crippen molar-refractivity contribution in [2.24, 2.45) is 11.8 Å². The normalized spacial score (nSPS) is 10.7. The van der Waals surface area contributed by atoms with E-state index in [1.165, 1.54) is 19.3 Å². The predicted molar refractivity (Wildman–Crippen MR) is 40.9 cm³/mol. The van der Waals surface area contributed by atoms with Crippen LogP contribution in [0.1, 0.15) is 33.1 Å². The average Bonchev–Trinajstić information content (AvgIpc) is 1.91. The second-order valence-electron chi connectivity index (χ2n) is 2.43. The molecule has 0 aliphatic carbocycles. The second-order valence-corrected chi connectivity index (χ2v) is 2.43. The molecule has 2 heteroatoms. The molecular weight excluding hydrogens is 112 g/mol. The molecule has 0 aromatic rings. The third kappa shape index (κ3) is 4.43. The zero-order valence-electron chi connectivity index (χ0n) is 6.48. The number of rotatable bonds is 5. The first-order valence-electron chi connectivity index (χ1n) is 3.78. The Morgan fingerprint density at radius 2 is 1.89 bits per heavy atom. The number of nitrogens with two attached hydrogens (primary N) is 1. The number of hydrazine groups is 1. The lowest BCUT2D eigenvalue weighted by Crippen LogP contribution is -2.24. The average molecular weight is 130 g/mol. The van der Waals surface area contributed by atoms with Crippen molar-refractivity contribution in [1.29, 1.82) is 0 Å². The van der Waals surface area contributed by atoms with E-state index in [1.807, 2.05) is 0 Å². The lowest BCUT2D eigenvalue weighted by atomic mass is 10.00. The van der Waals surface area contributed by atoms with E-state index in [9.17, 15) is 0 Å². The van der Waals surface area contributed by atoms with E-state index in [0.29, 0.717) is 0 Å². The summed E-state index contributed by atoms with van der Waals surface area (Å²) in [7, 11) is 0. The van der Waals surface area contributed by atoms with Gasteiger partial charge in [-0.3, -0.25) is 11.3 Å². The Labute approximate surface area is 57.8 Å². The topological polar surface area (TPSA) is 38.0 Å². The van der Waals surface area contributed by atoms with Crippen molar-refractivity contribution in [2.75, 3.05) is 6.54 Å². The van der Waals surface area contributed by atoms with Crippen LogP contribution in [0.15, 0.2) is 0 Å². The van der Waals surface area contributed by atoms with Gasteiger partial charge in [-0.15, -0.1) is 0 Å². The van der Waals surface area contributed by atoms with Crippen LogP contribution < -0.4 is 11.3 Å². The highest BCUT2D eigenvalue weighted by atomic mass is 15.2. The summed E-state index contributed by atoms with van der Waals surface area (Å²) in [5.41, 5.74) is 2.67.